The van der Waals surface area contributed by atoms with Crippen molar-refractivity contribution in [3.8, 4) is 0 Å². The van der Waals surface area contributed by atoms with Crippen LogP contribution in [0.5, 0.6) is 0 Å². The Morgan fingerprint density at radius 2 is 1.87 bits per heavy atom. The number of carboxylic acid groups (broad SMARTS) is 1. The van der Waals surface area contributed by atoms with E-state index in [1.165, 1.54) is 0 Å². The molecule has 0 aliphatic rings. The number of rotatable bonds is 4. The average molecular weight is 239 g/mol. The molecule has 3 N–H and O–H groups in total. The summed E-state index contributed by atoms with van der Waals surface area (Å²) in [5, 5.41) is 11.1. The summed E-state index contributed by atoms with van der Waals surface area (Å²) in [6.45, 7) is 0. The SMILES string of the molecule is O.O=N[C@@H](Cc1ccccc1)C(=O)O.[CaH2]. The summed E-state index contributed by atoms with van der Waals surface area (Å²) in [5.74, 6) is -1.18. The number of nitrogens with zero attached hydrogens (tertiary/aromatic N) is 1. The molecule has 0 aliphatic heterocycles. The van der Waals surface area contributed by atoms with Gasteiger partial charge in [0.2, 0.25) is 0 Å². The Kier molecular flexibility index (Phi) is 9.92. The normalized spacial score (nSPS) is 10.4. The van der Waals surface area contributed by atoms with Crippen molar-refractivity contribution in [2.45, 2.75) is 12.5 Å². The van der Waals surface area contributed by atoms with Gasteiger partial charge in [-0.25, -0.2) is 4.79 Å². The topological polar surface area (TPSA) is 98.2 Å². The molecule has 0 spiro atoms. The van der Waals surface area contributed by atoms with E-state index in [2.05, 4.69) is 5.18 Å². The third-order valence-corrected chi connectivity index (χ3v) is 1.68. The second-order valence-electron chi connectivity index (χ2n) is 2.65. The van der Waals surface area contributed by atoms with E-state index in [9.17, 15) is 9.70 Å². The van der Waals surface area contributed by atoms with Gasteiger partial charge >= 0.3 is 43.7 Å². The summed E-state index contributed by atoms with van der Waals surface area (Å²) >= 11 is 0. The Morgan fingerprint density at radius 3 is 2.27 bits per heavy atom. The van der Waals surface area contributed by atoms with Crippen molar-refractivity contribution in [2.75, 3.05) is 0 Å². The van der Waals surface area contributed by atoms with E-state index in [1.54, 1.807) is 24.3 Å². The summed E-state index contributed by atoms with van der Waals surface area (Å²) in [5.41, 5.74) is 0.800. The maximum absolute atomic E-state index is 10.4. The number of carbonyl (C=O) groups is 1. The van der Waals surface area contributed by atoms with Crippen molar-refractivity contribution in [2.24, 2.45) is 5.18 Å². The molecule has 5 nitrogen and oxygen atoms in total. The van der Waals surface area contributed by atoms with Crippen LogP contribution in [0.25, 0.3) is 0 Å². The zero-order chi connectivity index (χ0) is 9.68. The molecule has 15 heavy (non-hydrogen) atoms. The van der Waals surface area contributed by atoms with Crippen LogP contribution in [0.4, 0.5) is 0 Å². The van der Waals surface area contributed by atoms with Crippen molar-refractivity contribution in [1.29, 1.82) is 0 Å². The predicted molar refractivity (Wildman–Crippen MR) is 59.5 cm³/mol. The van der Waals surface area contributed by atoms with Crippen LogP contribution in [0, 0.1) is 4.91 Å². The molecule has 0 unspecified atom stereocenters. The van der Waals surface area contributed by atoms with Crippen molar-refractivity contribution >= 4 is 43.7 Å². The van der Waals surface area contributed by atoms with Gasteiger partial charge < -0.3 is 10.6 Å². The minimum absolute atomic E-state index is 0. The molecule has 1 aromatic carbocycles. The fourth-order valence-electron chi connectivity index (χ4n) is 1.01. The van der Waals surface area contributed by atoms with Gasteiger partial charge in [0.15, 0.2) is 6.04 Å². The van der Waals surface area contributed by atoms with Gasteiger partial charge in [0, 0.05) is 6.42 Å². The number of hydrogen-bond donors (Lipinski definition) is 1. The van der Waals surface area contributed by atoms with Crippen molar-refractivity contribution in [3.05, 3.63) is 40.8 Å². The Morgan fingerprint density at radius 1 is 1.33 bits per heavy atom. The fourth-order valence-corrected chi connectivity index (χ4v) is 1.01. The average Bonchev–Trinajstić information content (AvgIpc) is 2.15. The molecule has 0 aromatic heterocycles. The molecule has 0 fully saturated rings. The minimum atomic E-state index is -1.18. The van der Waals surface area contributed by atoms with Gasteiger partial charge in [-0.15, -0.1) is 4.91 Å². The van der Waals surface area contributed by atoms with Gasteiger partial charge in [0.05, 0.1) is 0 Å². The van der Waals surface area contributed by atoms with Crippen LogP contribution in [0.15, 0.2) is 35.5 Å². The first kappa shape index (κ1) is 16.9. The standard InChI is InChI=1S/C9H9NO3.Ca.H2O.2H/c11-9(12)8(10-13)6-7-4-2-1-3-5-7;;;;/h1-5,8H,6H2,(H,11,12);;1H2;;/t8-;;;;/m0..../s1. The van der Waals surface area contributed by atoms with Crippen LogP contribution >= 0.6 is 0 Å². The van der Waals surface area contributed by atoms with Crippen LogP contribution in [0.1, 0.15) is 5.56 Å². The van der Waals surface area contributed by atoms with Gasteiger partial charge in [0.25, 0.3) is 0 Å². The molecule has 1 rings (SSSR count). The van der Waals surface area contributed by atoms with Gasteiger partial charge in [-0.1, -0.05) is 35.5 Å². The van der Waals surface area contributed by atoms with E-state index in [-0.39, 0.29) is 49.6 Å². The Hall–Kier alpha value is -0.490. The van der Waals surface area contributed by atoms with Crippen LogP contribution in [0.3, 0.4) is 0 Å². The summed E-state index contributed by atoms with van der Waals surface area (Å²) < 4.78 is 0. The van der Waals surface area contributed by atoms with Crippen LogP contribution in [-0.2, 0) is 11.2 Å². The summed E-state index contributed by atoms with van der Waals surface area (Å²) in [6, 6.07) is 7.76. The maximum atomic E-state index is 10.4. The first-order valence-corrected chi connectivity index (χ1v) is 3.83. The van der Waals surface area contributed by atoms with E-state index >= 15 is 0 Å². The molecule has 0 radical (unpaired) electrons. The number of nitroso groups, excluding NO2 is 1. The fraction of sp³-hybridized carbons (Fsp3) is 0.222. The second kappa shape index (κ2) is 8.79. The molecular formula is C9H13CaNO4. The third kappa shape index (κ3) is 5.84. The number of aliphatic carboxylic acids is 1. The van der Waals surface area contributed by atoms with E-state index in [4.69, 9.17) is 5.11 Å². The van der Waals surface area contributed by atoms with Crippen molar-refractivity contribution < 1.29 is 15.4 Å². The summed E-state index contributed by atoms with van der Waals surface area (Å²) in [4.78, 5) is 20.6. The van der Waals surface area contributed by atoms with Crippen molar-refractivity contribution in [1.82, 2.24) is 0 Å². The number of carboxylic acids is 1. The van der Waals surface area contributed by atoms with E-state index in [0.717, 1.165) is 5.56 Å². The molecule has 0 bridgehead atoms. The van der Waals surface area contributed by atoms with Crippen LogP contribution in [0.2, 0.25) is 0 Å². The molecule has 0 aliphatic carbocycles. The summed E-state index contributed by atoms with van der Waals surface area (Å²) in [7, 11) is 0. The van der Waals surface area contributed by atoms with Gasteiger partial charge in [-0.05, 0) is 5.56 Å². The zero-order valence-electron chi connectivity index (χ0n) is 7.38. The Bertz CT molecular complexity index is 304. The third-order valence-electron chi connectivity index (χ3n) is 1.68. The Balaban J connectivity index is 0. The predicted octanol–water partition coefficient (Wildman–Crippen LogP) is -0.292. The first-order valence-electron chi connectivity index (χ1n) is 3.83. The first-order chi connectivity index (χ1) is 6.24. The van der Waals surface area contributed by atoms with E-state index in [0.29, 0.717) is 0 Å². The second-order valence-corrected chi connectivity index (χ2v) is 2.65. The number of hydrogen-bond acceptors (Lipinski definition) is 3. The van der Waals surface area contributed by atoms with Crippen LogP contribution in [-0.4, -0.2) is 60.3 Å². The zero-order valence-corrected chi connectivity index (χ0v) is 7.38. The molecule has 0 amide bonds. The molecule has 80 valence electrons. The van der Waals surface area contributed by atoms with Crippen molar-refractivity contribution in [3.63, 3.8) is 0 Å². The molecule has 6 heteroatoms. The van der Waals surface area contributed by atoms with Gasteiger partial charge in [-0.3, -0.25) is 0 Å². The quantitative estimate of drug-likeness (QED) is 0.577. The number of benzene rings is 1. The molecule has 1 aromatic rings. The molecule has 0 saturated heterocycles. The van der Waals surface area contributed by atoms with E-state index in [1.807, 2.05) is 6.07 Å². The molecular weight excluding hydrogens is 226 g/mol. The van der Waals surface area contributed by atoms with Crippen LogP contribution < -0.4 is 0 Å². The Labute approximate surface area is 117 Å². The van der Waals surface area contributed by atoms with Gasteiger partial charge in [0.1, 0.15) is 0 Å². The molecule has 0 heterocycles. The molecule has 1 atom stereocenters. The monoisotopic (exact) mass is 239 g/mol. The van der Waals surface area contributed by atoms with E-state index < -0.39 is 12.0 Å². The molecule has 0 saturated carbocycles. The van der Waals surface area contributed by atoms with Gasteiger partial charge in [-0.2, -0.15) is 0 Å². The summed E-state index contributed by atoms with van der Waals surface area (Å²) in [6.07, 6.45) is 0.152.